The second-order valence-electron chi connectivity index (χ2n) is 7.04. The Morgan fingerprint density at radius 3 is 2.45 bits per heavy atom. The third-order valence-corrected chi connectivity index (χ3v) is 5.96. The van der Waals surface area contributed by atoms with Crippen LogP contribution in [0, 0.1) is 6.92 Å². The Kier molecular flexibility index (Phi) is 6.42. The molecule has 0 unspecified atom stereocenters. The normalized spacial score (nSPS) is 11.2. The Labute approximate surface area is 185 Å². The van der Waals surface area contributed by atoms with Gasteiger partial charge in [-0.25, -0.2) is 8.42 Å². The first-order valence-corrected chi connectivity index (χ1v) is 11.5. The Morgan fingerprint density at radius 2 is 1.81 bits per heavy atom. The minimum atomic E-state index is -3.54. The molecule has 0 saturated carbocycles. The predicted molar refractivity (Wildman–Crippen MR) is 120 cm³/mol. The van der Waals surface area contributed by atoms with Crippen molar-refractivity contribution in [3.05, 3.63) is 77.1 Å². The van der Waals surface area contributed by atoms with Gasteiger partial charge in [-0.05, 0) is 42.8 Å². The van der Waals surface area contributed by atoms with Gasteiger partial charge in [-0.2, -0.15) is 0 Å². The van der Waals surface area contributed by atoms with Crippen molar-refractivity contribution in [2.24, 2.45) is 5.73 Å². The summed E-state index contributed by atoms with van der Waals surface area (Å²) in [5, 5.41) is 0.455. The van der Waals surface area contributed by atoms with Crippen molar-refractivity contribution in [3.8, 4) is 11.1 Å². The molecule has 1 heterocycles. The van der Waals surface area contributed by atoms with Crippen molar-refractivity contribution in [2.75, 3.05) is 17.7 Å². The quantitative estimate of drug-likeness (QED) is 0.610. The number of sulfone groups is 1. The van der Waals surface area contributed by atoms with Crippen LogP contribution in [0.3, 0.4) is 0 Å². The SMILES string of the molecule is Cc1cc(C(=O)N(CC(N)=O)c2cnccc2-c2ccccc2Cl)cc(S(C)(=O)=O)c1. The van der Waals surface area contributed by atoms with Crippen LogP contribution in [0.5, 0.6) is 0 Å². The number of rotatable bonds is 6. The molecule has 3 rings (SSSR count). The Bertz CT molecular complexity index is 1280. The number of halogens is 1. The molecule has 160 valence electrons. The molecule has 0 fully saturated rings. The van der Waals surface area contributed by atoms with E-state index in [1.54, 1.807) is 49.5 Å². The number of carbonyl (C=O) groups is 2. The van der Waals surface area contributed by atoms with Crippen molar-refractivity contribution in [1.29, 1.82) is 0 Å². The number of hydrogen-bond acceptors (Lipinski definition) is 5. The lowest BCUT2D eigenvalue weighted by Gasteiger charge is -2.24. The van der Waals surface area contributed by atoms with Gasteiger partial charge in [0.1, 0.15) is 6.54 Å². The molecule has 0 aliphatic carbocycles. The van der Waals surface area contributed by atoms with Gasteiger partial charge in [-0.15, -0.1) is 0 Å². The zero-order valence-electron chi connectivity index (χ0n) is 16.9. The molecular weight excluding hydrogens is 438 g/mol. The van der Waals surface area contributed by atoms with E-state index in [4.69, 9.17) is 17.3 Å². The topological polar surface area (TPSA) is 110 Å². The number of hydrogen-bond donors (Lipinski definition) is 1. The number of amides is 2. The number of pyridine rings is 1. The van der Waals surface area contributed by atoms with Gasteiger partial charge in [0.25, 0.3) is 5.91 Å². The number of nitrogens with two attached hydrogens (primary N) is 1. The maximum absolute atomic E-state index is 13.4. The molecule has 7 nitrogen and oxygen atoms in total. The van der Waals surface area contributed by atoms with Crippen molar-refractivity contribution in [3.63, 3.8) is 0 Å². The predicted octanol–water partition coefficient (Wildman–Crippen LogP) is 3.25. The number of carbonyl (C=O) groups excluding carboxylic acids is 2. The molecule has 3 aromatic rings. The average molecular weight is 458 g/mol. The molecule has 31 heavy (non-hydrogen) atoms. The lowest BCUT2D eigenvalue weighted by molar-refractivity contribution is -0.116. The molecule has 0 radical (unpaired) electrons. The summed E-state index contributed by atoms with van der Waals surface area (Å²) >= 11 is 6.35. The van der Waals surface area contributed by atoms with Gasteiger partial charge in [-0.1, -0.05) is 29.8 Å². The highest BCUT2D eigenvalue weighted by molar-refractivity contribution is 7.90. The van der Waals surface area contributed by atoms with E-state index in [1.807, 2.05) is 0 Å². The summed E-state index contributed by atoms with van der Waals surface area (Å²) in [5.41, 5.74) is 7.65. The standard InChI is InChI=1S/C22H20ClN3O4S/c1-14-9-15(11-16(10-14)31(2,29)30)22(28)26(13-21(24)27)20-12-25-8-7-18(20)17-5-3-4-6-19(17)23/h3-12H,13H2,1-2H3,(H2,24,27). The molecule has 2 N–H and O–H groups in total. The summed E-state index contributed by atoms with van der Waals surface area (Å²) in [6.07, 6.45) is 4.05. The van der Waals surface area contributed by atoms with Crippen LogP contribution in [-0.4, -0.2) is 38.0 Å². The molecule has 9 heteroatoms. The first-order chi connectivity index (χ1) is 14.6. The number of aryl methyl sites for hydroxylation is 1. The molecular formula is C22H20ClN3O4S. The van der Waals surface area contributed by atoms with Gasteiger partial charge in [0, 0.05) is 34.2 Å². The van der Waals surface area contributed by atoms with E-state index in [1.165, 1.54) is 23.2 Å². The zero-order chi connectivity index (χ0) is 22.8. The Morgan fingerprint density at radius 1 is 1.10 bits per heavy atom. The van der Waals surface area contributed by atoms with Crippen LogP contribution >= 0.6 is 11.6 Å². The number of primary amides is 1. The van der Waals surface area contributed by atoms with Crippen LogP contribution in [-0.2, 0) is 14.6 Å². The van der Waals surface area contributed by atoms with Crippen LogP contribution in [0.15, 0.2) is 65.8 Å². The van der Waals surface area contributed by atoms with Gasteiger partial charge in [-0.3, -0.25) is 19.5 Å². The van der Waals surface area contributed by atoms with Crippen LogP contribution in [0.1, 0.15) is 15.9 Å². The fraction of sp³-hybridized carbons (Fsp3) is 0.136. The summed E-state index contributed by atoms with van der Waals surface area (Å²) in [7, 11) is -3.54. The van der Waals surface area contributed by atoms with E-state index >= 15 is 0 Å². The first-order valence-electron chi connectivity index (χ1n) is 9.19. The smallest absolute Gasteiger partial charge is 0.258 e. The summed E-state index contributed by atoms with van der Waals surface area (Å²) in [5.74, 6) is -1.33. The lowest BCUT2D eigenvalue weighted by atomic mass is 10.0. The van der Waals surface area contributed by atoms with Gasteiger partial charge < -0.3 is 5.73 Å². The third-order valence-electron chi connectivity index (χ3n) is 4.54. The summed E-state index contributed by atoms with van der Waals surface area (Å²) in [4.78, 5) is 30.5. The van der Waals surface area contributed by atoms with Crippen LogP contribution < -0.4 is 10.6 Å². The minimum absolute atomic E-state index is 0.00684. The van der Waals surface area contributed by atoms with Gasteiger partial charge in [0.15, 0.2) is 9.84 Å². The fourth-order valence-corrected chi connectivity index (χ4v) is 4.15. The summed E-state index contributed by atoms with van der Waals surface area (Å²) in [6.45, 7) is 1.26. The molecule has 2 amide bonds. The van der Waals surface area contributed by atoms with Crippen LogP contribution in [0.4, 0.5) is 5.69 Å². The number of nitrogens with zero attached hydrogens (tertiary/aromatic N) is 2. The minimum Gasteiger partial charge on any atom is -0.368 e. The largest absolute Gasteiger partial charge is 0.368 e. The van der Waals surface area contributed by atoms with Gasteiger partial charge in [0.05, 0.1) is 16.8 Å². The molecule has 0 atom stereocenters. The van der Waals surface area contributed by atoms with E-state index < -0.39 is 28.2 Å². The summed E-state index contributed by atoms with van der Waals surface area (Å²) < 4.78 is 24.1. The van der Waals surface area contributed by atoms with E-state index in [0.29, 0.717) is 27.4 Å². The molecule has 0 bridgehead atoms. The van der Waals surface area contributed by atoms with Crippen molar-refractivity contribution >= 4 is 38.9 Å². The maximum Gasteiger partial charge on any atom is 0.258 e. The summed E-state index contributed by atoms with van der Waals surface area (Å²) in [6, 6.07) is 13.0. The van der Waals surface area contributed by atoms with Crippen molar-refractivity contribution in [1.82, 2.24) is 4.98 Å². The maximum atomic E-state index is 13.4. The van der Waals surface area contributed by atoms with Gasteiger partial charge in [0.2, 0.25) is 5.91 Å². The Balaban J connectivity index is 2.18. The molecule has 1 aromatic heterocycles. The highest BCUT2D eigenvalue weighted by atomic mass is 35.5. The lowest BCUT2D eigenvalue weighted by Crippen LogP contribution is -2.39. The second-order valence-corrected chi connectivity index (χ2v) is 9.46. The Hall–Kier alpha value is -3.23. The molecule has 0 saturated heterocycles. The van der Waals surface area contributed by atoms with E-state index in [-0.39, 0.29) is 10.5 Å². The highest BCUT2D eigenvalue weighted by Gasteiger charge is 2.25. The molecule has 0 spiro atoms. The van der Waals surface area contributed by atoms with E-state index in [0.717, 1.165) is 6.26 Å². The van der Waals surface area contributed by atoms with Crippen LogP contribution in [0.25, 0.3) is 11.1 Å². The van der Waals surface area contributed by atoms with Crippen molar-refractivity contribution < 1.29 is 18.0 Å². The van der Waals surface area contributed by atoms with E-state index in [9.17, 15) is 18.0 Å². The molecule has 0 aliphatic rings. The average Bonchev–Trinajstić information content (AvgIpc) is 2.71. The highest BCUT2D eigenvalue weighted by Crippen LogP contribution is 2.35. The monoisotopic (exact) mass is 457 g/mol. The first kappa shape index (κ1) is 22.5. The van der Waals surface area contributed by atoms with Gasteiger partial charge >= 0.3 is 0 Å². The van der Waals surface area contributed by atoms with Crippen molar-refractivity contribution in [2.45, 2.75) is 11.8 Å². The third kappa shape index (κ3) is 5.10. The fourth-order valence-electron chi connectivity index (χ4n) is 3.17. The number of aromatic nitrogens is 1. The molecule has 0 aliphatic heterocycles. The number of benzene rings is 2. The van der Waals surface area contributed by atoms with E-state index in [2.05, 4.69) is 4.98 Å². The van der Waals surface area contributed by atoms with Crippen LogP contribution in [0.2, 0.25) is 5.02 Å². The second kappa shape index (κ2) is 8.87. The zero-order valence-corrected chi connectivity index (χ0v) is 18.4. The molecule has 2 aromatic carbocycles. The number of anilines is 1.